The number of nitrogens with zero attached hydrogens (tertiary/aromatic N) is 3. The molecule has 0 atom stereocenters. The first-order valence-corrected chi connectivity index (χ1v) is 8.59. The number of fused-ring (bicyclic) bond motifs is 1. The Labute approximate surface area is 159 Å². The molecule has 3 aromatic rings. The lowest BCUT2D eigenvalue weighted by Crippen LogP contribution is -2.37. The number of aromatic nitrogens is 3. The Hall–Kier alpha value is -2.64. The molecule has 9 heteroatoms. The van der Waals surface area contributed by atoms with Crippen molar-refractivity contribution in [1.82, 2.24) is 25.2 Å². The number of hydrogen-bond acceptors (Lipinski definition) is 4. The molecule has 0 spiro atoms. The van der Waals surface area contributed by atoms with Gasteiger partial charge in [0.2, 0.25) is 5.91 Å². The molecule has 0 saturated heterocycles. The minimum absolute atomic E-state index is 0.154. The van der Waals surface area contributed by atoms with Crippen molar-refractivity contribution in [2.45, 2.75) is 6.42 Å². The number of hydrogen-bond donors (Lipinski definition) is 2. The van der Waals surface area contributed by atoms with E-state index in [2.05, 4.69) is 20.8 Å². The molecule has 1 aromatic carbocycles. The van der Waals surface area contributed by atoms with Crippen molar-refractivity contribution >= 4 is 40.7 Å². The Morgan fingerprint density at radius 1 is 1.08 bits per heavy atom. The topological polar surface area (TPSA) is 88.4 Å². The maximum atomic E-state index is 12.0. The zero-order chi connectivity index (χ0) is 18.5. The summed E-state index contributed by atoms with van der Waals surface area (Å²) in [5, 5.41) is 14.0. The van der Waals surface area contributed by atoms with Crippen LogP contribution >= 0.6 is 23.2 Å². The highest BCUT2D eigenvalue weighted by atomic mass is 35.5. The number of pyridine rings is 1. The molecule has 7 nitrogen and oxygen atoms in total. The smallest absolute Gasteiger partial charge is 0.253 e. The van der Waals surface area contributed by atoms with Gasteiger partial charge in [-0.2, -0.15) is 0 Å². The molecule has 2 amide bonds. The third kappa shape index (κ3) is 4.30. The second-order valence-corrected chi connectivity index (χ2v) is 6.30. The van der Waals surface area contributed by atoms with Gasteiger partial charge >= 0.3 is 0 Å². The minimum Gasteiger partial charge on any atom is -0.354 e. The number of rotatable bonds is 6. The van der Waals surface area contributed by atoms with Crippen molar-refractivity contribution < 1.29 is 9.59 Å². The number of benzene rings is 1. The molecule has 0 radical (unpaired) electrons. The Kier molecular flexibility index (Phi) is 5.70. The predicted molar refractivity (Wildman–Crippen MR) is 98.5 cm³/mol. The van der Waals surface area contributed by atoms with Crippen LogP contribution in [0, 0.1) is 0 Å². The van der Waals surface area contributed by atoms with Gasteiger partial charge < -0.3 is 10.6 Å². The zero-order valence-corrected chi connectivity index (χ0v) is 15.1. The van der Waals surface area contributed by atoms with E-state index in [0.29, 0.717) is 18.0 Å². The van der Waals surface area contributed by atoms with Crippen LogP contribution in [0.3, 0.4) is 0 Å². The summed E-state index contributed by atoms with van der Waals surface area (Å²) in [6, 6.07) is 10.2. The third-order valence-electron chi connectivity index (χ3n) is 3.64. The van der Waals surface area contributed by atoms with Crippen molar-refractivity contribution in [3.05, 3.63) is 64.0 Å². The van der Waals surface area contributed by atoms with Gasteiger partial charge in [-0.25, -0.2) is 0 Å². The summed E-state index contributed by atoms with van der Waals surface area (Å²) in [5.74, 6) is 0.000376. The monoisotopic (exact) mass is 391 g/mol. The van der Waals surface area contributed by atoms with Crippen LogP contribution in [-0.2, 0) is 11.2 Å². The Morgan fingerprint density at radius 3 is 2.73 bits per heavy atom. The molecule has 134 valence electrons. The highest BCUT2D eigenvalue weighted by Gasteiger charge is 2.12. The summed E-state index contributed by atoms with van der Waals surface area (Å²) in [7, 11) is 0. The van der Waals surface area contributed by atoms with Crippen molar-refractivity contribution in [3.63, 3.8) is 0 Å². The molecule has 0 saturated carbocycles. The quantitative estimate of drug-likeness (QED) is 0.673. The third-order valence-corrected chi connectivity index (χ3v) is 4.19. The Morgan fingerprint density at radius 2 is 1.92 bits per heavy atom. The van der Waals surface area contributed by atoms with Crippen LogP contribution < -0.4 is 10.6 Å². The van der Waals surface area contributed by atoms with E-state index in [4.69, 9.17) is 23.2 Å². The lowest BCUT2D eigenvalue weighted by molar-refractivity contribution is -0.120. The number of amides is 2. The number of carbonyl (C=O) groups excluding carboxylic acids is 2. The van der Waals surface area contributed by atoms with Gasteiger partial charge in [0.1, 0.15) is 5.82 Å². The van der Waals surface area contributed by atoms with Crippen molar-refractivity contribution in [2.75, 3.05) is 13.1 Å². The molecule has 2 heterocycles. The van der Waals surface area contributed by atoms with E-state index in [1.807, 2.05) is 28.8 Å². The molecular formula is C17H15Cl2N5O2. The van der Waals surface area contributed by atoms with E-state index in [-0.39, 0.29) is 23.0 Å². The average molecular weight is 392 g/mol. The van der Waals surface area contributed by atoms with Crippen molar-refractivity contribution in [2.24, 2.45) is 0 Å². The number of nitrogens with one attached hydrogen (secondary N) is 2. The first-order chi connectivity index (χ1) is 12.5. The van der Waals surface area contributed by atoms with Crippen LogP contribution in [0.1, 0.15) is 16.2 Å². The SMILES string of the molecule is O=C(CNC(=O)c1ccc(Cl)cc1Cl)NCCc1nnc2ccccn12. The van der Waals surface area contributed by atoms with Crippen molar-refractivity contribution in [3.8, 4) is 0 Å². The van der Waals surface area contributed by atoms with Gasteiger partial charge in [-0.05, 0) is 30.3 Å². The van der Waals surface area contributed by atoms with Crippen LogP contribution in [0.2, 0.25) is 10.0 Å². The fraction of sp³-hybridized carbons (Fsp3) is 0.176. The molecule has 0 bridgehead atoms. The normalized spacial score (nSPS) is 10.7. The van der Waals surface area contributed by atoms with Crippen LogP contribution in [0.4, 0.5) is 0 Å². The lowest BCUT2D eigenvalue weighted by atomic mass is 10.2. The molecule has 0 aliphatic rings. The summed E-state index contributed by atoms with van der Waals surface area (Å²) < 4.78 is 1.86. The second-order valence-electron chi connectivity index (χ2n) is 5.45. The van der Waals surface area contributed by atoms with Crippen LogP contribution in [0.25, 0.3) is 5.65 Å². The van der Waals surface area contributed by atoms with E-state index in [1.54, 1.807) is 6.07 Å². The fourth-order valence-electron chi connectivity index (χ4n) is 2.37. The standard InChI is InChI=1S/C17H15Cl2N5O2/c18-11-4-5-12(13(19)9-11)17(26)21-10-16(25)20-7-6-15-23-22-14-3-1-2-8-24(14)15/h1-5,8-9H,6-7,10H2,(H,20,25)(H,21,26). The highest BCUT2D eigenvalue weighted by molar-refractivity contribution is 6.36. The van der Waals surface area contributed by atoms with E-state index < -0.39 is 5.91 Å². The first-order valence-electron chi connectivity index (χ1n) is 7.83. The summed E-state index contributed by atoms with van der Waals surface area (Å²) in [5.41, 5.74) is 1.01. The van der Waals surface area contributed by atoms with Gasteiger partial charge in [-0.15, -0.1) is 10.2 Å². The maximum absolute atomic E-state index is 12.0. The zero-order valence-electron chi connectivity index (χ0n) is 13.6. The second kappa shape index (κ2) is 8.16. The molecule has 0 aliphatic heterocycles. The Balaban J connectivity index is 1.46. The molecule has 0 fully saturated rings. The van der Waals surface area contributed by atoms with Gasteiger partial charge in [0.25, 0.3) is 5.91 Å². The van der Waals surface area contributed by atoms with Crippen LogP contribution in [0.5, 0.6) is 0 Å². The predicted octanol–water partition coefficient (Wildman–Crippen LogP) is 2.12. The van der Waals surface area contributed by atoms with Gasteiger partial charge in [0.15, 0.2) is 5.65 Å². The minimum atomic E-state index is -0.440. The number of halogens is 2. The molecule has 2 N–H and O–H groups in total. The first kappa shape index (κ1) is 18.2. The van der Waals surface area contributed by atoms with E-state index >= 15 is 0 Å². The van der Waals surface area contributed by atoms with E-state index in [0.717, 1.165) is 11.5 Å². The summed E-state index contributed by atoms with van der Waals surface area (Å²) >= 11 is 11.8. The summed E-state index contributed by atoms with van der Waals surface area (Å²) in [6.45, 7) is 0.227. The van der Waals surface area contributed by atoms with Crippen molar-refractivity contribution in [1.29, 1.82) is 0 Å². The van der Waals surface area contributed by atoms with Gasteiger partial charge in [0, 0.05) is 24.2 Å². The molecule has 0 unspecified atom stereocenters. The van der Waals surface area contributed by atoms with Gasteiger partial charge in [0.05, 0.1) is 17.1 Å². The van der Waals surface area contributed by atoms with Gasteiger partial charge in [-0.1, -0.05) is 29.3 Å². The summed E-state index contributed by atoms with van der Waals surface area (Å²) in [4.78, 5) is 23.9. The van der Waals surface area contributed by atoms with E-state index in [9.17, 15) is 9.59 Å². The molecule has 26 heavy (non-hydrogen) atoms. The highest BCUT2D eigenvalue weighted by Crippen LogP contribution is 2.20. The van der Waals surface area contributed by atoms with E-state index in [1.165, 1.54) is 12.1 Å². The van der Waals surface area contributed by atoms with Crippen LogP contribution in [0.15, 0.2) is 42.6 Å². The molecule has 3 rings (SSSR count). The largest absolute Gasteiger partial charge is 0.354 e. The van der Waals surface area contributed by atoms with Crippen LogP contribution in [-0.4, -0.2) is 39.5 Å². The summed E-state index contributed by atoms with van der Waals surface area (Å²) in [6.07, 6.45) is 2.39. The molecular weight excluding hydrogens is 377 g/mol. The molecule has 2 aromatic heterocycles. The lowest BCUT2D eigenvalue weighted by Gasteiger charge is -2.08. The number of carbonyl (C=O) groups is 2. The van der Waals surface area contributed by atoms with Gasteiger partial charge in [-0.3, -0.25) is 14.0 Å². The maximum Gasteiger partial charge on any atom is 0.253 e. The Bertz CT molecular complexity index is 957. The molecule has 0 aliphatic carbocycles. The average Bonchev–Trinajstić information content (AvgIpc) is 3.03. The fourth-order valence-corrected chi connectivity index (χ4v) is 2.86.